The molecule has 0 unspecified atom stereocenters. The Morgan fingerprint density at radius 2 is 2.15 bits per heavy atom. The Bertz CT molecular complexity index is 326. The lowest BCUT2D eigenvalue weighted by molar-refractivity contribution is 0.0599. The summed E-state index contributed by atoms with van der Waals surface area (Å²) in [6, 6.07) is 3.39. The van der Waals surface area contributed by atoms with Crippen LogP contribution in [0.4, 0.5) is 0 Å². The van der Waals surface area contributed by atoms with Crippen LogP contribution in [0.25, 0.3) is 0 Å². The van der Waals surface area contributed by atoms with E-state index in [4.69, 9.17) is 11.6 Å². The fraction of sp³-hybridized carbons (Fsp3) is 0.222. The van der Waals surface area contributed by atoms with Crippen LogP contribution in [0, 0.1) is 6.92 Å². The first kappa shape index (κ1) is 10.5. The van der Waals surface area contributed by atoms with E-state index in [2.05, 4.69) is 20.7 Å². The molecule has 0 aromatic heterocycles. The molecule has 13 heavy (non-hydrogen) atoms. The number of ether oxygens (including phenoxy) is 1. The van der Waals surface area contributed by atoms with Gasteiger partial charge in [0.2, 0.25) is 0 Å². The number of benzene rings is 1. The Morgan fingerprint density at radius 3 is 2.62 bits per heavy atom. The number of halogens is 2. The van der Waals surface area contributed by atoms with Gasteiger partial charge in [-0.2, -0.15) is 0 Å². The Balaban J connectivity index is 3.28. The van der Waals surface area contributed by atoms with Crippen molar-refractivity contribution in [1.82, 2.24) is 0 Å². The maximum absolute atomic E-state index is 11.3. The average molecular weight is 264 g/mol. The van der Waals surface area contributed by atoms with E-state index in [1.807, 2.05) is 6.92 Å². The van der Waals surface area contributed by atoms with Crippen LogP contribution in [0.1, 0.15) is 15.9 Å². The van der Waals surface area contributed by atoms with Crippen molar-refractivity contribution >= 4 is 33.5 Å². The fourth-order valence-corrected chi connectivity index (χ4v) is 2.19. The van der Waals surface area contributed by atoms with Crippen LogP contribution in [0.2, 0.25) is 5.02 Å². The van der Waals surface area contributed by atoms with Crippen LogP contribution in [0.3, 0.4) is 0 Å². The first-order valence-electron chi connectivity index (χ1n) is 3.60. The third-order valence-electron chi connectivity index (χ3n) is 1.64. The summed E-state index contributed by atoms with van der Waals surface area (Å²) in [6.07, 6.45) is 0. The number of esters is 1. The molecule has 0 saturated carbocycles. The molecule has 0 fully saturated rings. The molecule has 0 saturated heterocycles. The molecule has 1 rings (SSSR count). The van der Waals surface area contributed by atoms with Crippen molar-refractivity contribution in [3.63, 3.8) is 0 Å². The Morgan fingerprint density at radius 1 is 1.54 bits per heavy atom. The van der Waals surface area contributed by atoms with E-state index in [0.717, 1.165) is 5.56 Å². The van der Waals surface area contributed by atoms with Crippen LogP contribution in [-0.2, 0) is 4.74 Å². The van der Waals surface area contributed by atoms with E-state index in [1.165, 1.54) is 7.11 Å². The van der Waals surface area contributed by atoms with E-state index < -0.39 is 0 Å². The third kappa shape index (κ3) is 2.23. The monoisotopic (exact) mass is 262 g/mol. The van der Waals surface area contributed by atoms with Crippen molar-refractivity contribution in [2.75, 3.05) is 7.11 Å². The molecule has 70 valence electrons. The second-order valence-corrected chi connectivity index (χ2v) is 3.86. The van der Waals surface area contributed by atoms with Gasteiger partial charge in [-0.3, -0.25) is 0 Å². The lowest BCUT2D eigenvalue weighted by atomic mass is 10.1. The van der Waals surface area contributed by atoms with Crippen molar-refractivity contribution in [3.05, 3.63) is 32.8 Å². The largest absolute Gasteiger partial charge is 0.465 e. The zero-order chi connectivity index (χ0) is 10.0. The lowest BCUT2D eigenvalue weighted by Crippen LogP contribution is -2.04. The summed E-state index contributed by atoms with van der Waals surface area (Å²) in [4.78, 5) is 11.3. The normalized spacial score (nSPS) is 9.85. The topological polar surface area (TPSA) is 26.3 Å². The van der Waals surface area contributed by atoms with Crippen molar-refractivity contribution in [2.24, 2.45) is 0 Å². The minimum atomic E-state index is -0.360. The van der Waals surface area contributed by atoms with Gasteiger partial charge in [-0.15, -0.1) is 0 Å². The zero-order valence-electron chi connectivity index (χ0n) is 7.23. The highest BCUT2D eigenvalue weighted by atomic mass is 79.9. The molecule has 0 aliphatic heterocycles. The fourth-order valence-electron chi connectivity index (χ4n) is 1.06. The van der Waals surface area contributed by atoms with Crippen LogP contribution in [-0.4, -0.2) is 13.1 Å². The summed E-state index contributed by atoms with van der Waals surface area (Å²) in [5.74, 6) is -0.360. The van der Waals surface area contributed by atoms with Gasteiger partial charge in [0.25, 0.3) is 0 Å². The highest BCUT2D eigenvalue weighted by Gasteiger charge is 2.13. The minimum absolute atomic E-state index is 0.360. The number of carbonyl (C=O) groups excluding carboxylic acids is 1. The highest BCUT2D eigenvalue weighted by Crippen LogP contribution is 2.25. The van der Waals surface area contributed by atoms with Gasteiger partial charge in [0.15, 0.2) is 0 Å². The van der Waals surface area contributed by atoms with Gasteiger partial charge in [0.1, 0.15) is 0 Å². The quantitative estimate of drug-likeness (QED) is 0.727. The first-order valence-corrected chi connectivity index (χ1v) is 4.77. The second-order valence-electron chi connectivity index (χ2n) is 2.57. The van der Waals surface area contributed by atoms with Gasteiger partial charge in [-0.1, -0.05) is 11.6 Å². The van der Waals surface area contributed by atoms with Gasteiger partial charge >= 0.3 is 5.97 Å². The highest BCUT2D eigenvalue weighted by molar-refractivity contribution is 9.10. The molecular weight excluding hydrogens is 255 g/mol. The zero-order valence-corrected chi connectivity index (χ0v) is 9.57. The van der Waals surface area contributed by atoms with E-state index in [9.17, 15) is 4.79 Å². The predicted molar refractivity (Wildman–Crippen MR) is 55.2 cm³/mol. The van der Waals surface area contributed by atoms with E-state index in [0.29, 0.717) is 15.1 Å². The van der Waals surface area contributed by atoms with E-state index in [1.54, 1.807) is 12.1 Å². The molecule has 0 atom stereocenters. The summed E-state index contributed by atoms with van der Waals surface area (Å²) < 4.78 is 5.28. The minimum Gasteiger partial charge on any atom is -0.465 e. The predicted octanol–water partition coefficient (Wildman–Crippen LogP) is 3.20. The molecule has 0 aliphatic carbocycles. The Labute approximate surface area is 90.0 Å². The molecule has 4 heteroatoms. The number of hydrogen-bond acceptors (Lipinski definition) is 2. The molecule has 0 spiro atoms. The maximum atomic E-state index is 11.3. The summed E-state index contributed by atoms with van der Waals surface area (Å²) >= 11 is 9.04. The SMILES string of the molecule is COC(=O)c1c(C)cc(Cl)cc1Br. The van der Waals surface area contributed by atoms with Crippen LogP contribution < -0.4 is 0 Å². The second kappa shape index (κ2) is 4.11. The molecule has 0 amide bonds. The van der Waals surface area contributed by atoms with Crippen molar-refractivity contribution in [1.29, 1.82) is 0 Å². The Kier molecular flexibility index (Phi) is 3.33. The molecule has 0 aliphatic rings. The molecule has 0 bridgehead atoms. The smallest absolute Gasteiger partial charge is 0.339 e. The summed E-state index contributed by atoms with van der Waals surface area (Å²) in [5, 5.41) is 0.594. The summed E-state index contributed by atoms with van der Waals surface area (Å²) in [7, 11) is 1.35. The van der Waals surface area contributed by atoms with Gasteiger partial charge in [-0.25, -0.2) is 4.79 Å². The van der Waals surface area contributed by atoms with Crippen molar-refractivity contribution in [2.45, 2.75) is 6.92 Å². The molecule has 0 heterocycles. The summed E-state index contributed by atoms with van der Waals surface area (Å²) in [5.41, 5.74) is 1.32. The lowest BCUT2D eigenvalue weighted by Gasteiger charge is -2.06. The number of carbonyl (C=O) groups is 1. The van der Waals surface area contributed by atoms with Gasteiger partial charge in [0, 0.05) is 9.50 Å². The Hall–Kier alpha value is -0.540. The standard InChI is InChI=1S/C9H8BrClO2/c1-5-3-6(11)4-7(10)8(5)9(12)13-2/h3-4H,1-2H3. The molecule has 0 radical (unpaired) electrons. The molecular formula is C9H8BrClO2. The van der Waals surface area contributed by atoms with E-state index >= 15 is 0 Å². The van der Waals surface area contributed by atoms with Crippen molar-refractivity contribution in [3.8, 4) is 0 Å². The number of aryl methyl sites for hydroxylation is 1. The molecule has 1 aromatic rings. The summed E-state index contributed by atoms with van der Waals surface area (Å²) in [6.45, 7) is 1.81. The van der Waals surface area contributed by atoms with Crippen molar-refractivity contribution < 1.29 is 9.53 Å². The molecule has 1 aromatic carbocycles. The van der Waals surface area contributed by atoms with Crippen LogP contribution >= 0.6 is 27.5 Å². The molecule has 2 nitrogen and oxygen atoms in total. The van der Waals surface area contributed by atoms with Crippen LogP contribution in [0.15, 0.2) is 16.6 Å². The molecule has 0 N–H and O–H groups in total. The van der Waals surface area contributed by atoms with Crippen LogP contribution in [0.5, 0.6) is 0 Å². The van der Waals surface area contributed by atoms with Gasteiger partial charge in [-0.05, 0) is 40.5 Å². The number of methoxy groups -OCH3 is 1. The van der Waals surface area contributed by atoms with E-state index in [-0.39, 0.29) is 5.97 Å². The maximum Gasteiger partial charge on any atom is 0.339 e. The van der Waals surface area contributed by atoms with Gasteiger partial charge < -0.3 is 4.74 Å². The number of hydrogen-bond donors (Lipinski definition) is 0. The number of rotatable bonds is 1. The first-order chi connectivity index (χ1) is 6.06. The van der Waals surface area contributed by atoms with Gasteiger partial charge in [0.05, 0.1) is 12.7 Å². The third-order valence-corrected chi connectivity index (χ3v) is 2.49. The average Bonchev–Trinajstić information content (AvgIpc) is 2.02.